The quantitative estimate of drug-likeness (QED) is 0.672. The van der Waals surface area contributed by atoms with Crippen molar-refractivity contribution in [3.8, 4) is 0 Å². The Labute approximate surface area is 156 Å². The van der Waals surface area contributed by atoms with Crippen LogP contribution in [0.15, 0.2) is 42.9 Å². The van der Waals surface area contributed by atoms with Crippen molar-refractivity contribution in [3.05, 3.63) is 64.7 Å². The van der Waals surface area contributed by atoms with Gasteiger partial charge in [0, 0.05) is 13.2 Å². The number of nitrogens with one attached hydrogen (secondary N) is 2. The van der Waals surface area contributed by atoms with Gasteiger partial charge in [0.2, 0.25) is 0 Å². The summed E-state index contributed by atoms with van der Waals surface area (Å²) in [5.74, 6) is 0. The molecule has 0 amide bonds. The molecule has 6 nitrogen and oxygen atoms in total. The number of thiocarbonyl (C=S) groups is 1. The summed E-state index contributed by atoms with van der Waals surface area (Å²) >= 11 is 11.4. The highest BCUT2D eigenvalue weighted by Crippen LogP contribution is 2.14. The van der Waals surface area contributed by atoms with Gasteiger partial charge in [-0.3, -0.25) is 9.36 Å². The van der Waals surface area contributed by atoms with Crippen molar-refractivity contribution in [2.75, 3.05) is 5.32 Å². The van der Waals surface area contributed by atoms with E-state index in [0.717, 1.165) is 17.9 Å². The van der Waals surface area contributed by atoms with Crippen LogP contribution in [-0.2, 0) is 20.1 Å². The zero-order chi connectivity index (χ0) is 17.8. The smallest absolute Gasteiger partial charge is 0.171 e. The summed E-state index contributed by atoms with van der Waals surface area (Å²) in [5, 5.41) is 15.8. The minimum atomic E-state index is 0.499. The minimum Gasteiger partial charge on any atom is -0.357 e. The fraction of sp³-hybridized carbons (Fsp3) is 0.235. The highest BCUT2D eigenvalue weighted by molar-refractivity contribution is 7.80. The average Bonchev–Trinajstić information content (AvgIpc) is 3.15. The summed E-state index contributed by atoms with van der Waals surface area (Å²) in [7, 11) is 1.84. The molecule has 0 spiro atoms. The van der Waals surface area contributed by atoms with Crippen molar-refractivity contribution in [1.29, 1.82) is 0 Å². The Balaban J connectivity index is 1.56. The fourth-order valence-electron chi connectivity index (χ4n) is 2.45. The SMILES string of the molecule is Cc1ccccc1Cn1cc(NC(=S)NCc2c(Cl)cnn2C)cn1. The number of benzene rings is 1. The first kappa shape index (κ1) is 17.4. The largest absolute Gasteiger partial charge is 0.357 e. The Hall–Kier alpha value is -2.38. The number of aryl methyl sites for hydroxylation is 2. The Kier molecular flexibility index (Phi) is 5.35. The molecule has 0 atom stereocenters. The van der Waals surface area contributed by atoms with Crippen molar-refractivity contribution < 1.29 is 0 Å². The molecular formula is C17H19ClN6S. The molecule has 0 aliphatic rings. The van der Waals surface area contributed by atoms with E-state index in [-0.39, 0.29) is 0 Å². The van der Waals surface area contributed by atoms with Crippen molar-refractivity contribution in [1.82, 2.24) is 24.9 Å². The summed E-state index contributed by atoms with van der Waals surface area (Å²) in [4.78, 5) is 0. The first-order valence-electron chi connectivity index (χ1n) is 7.81. The third kappa shape index (κ3) is 4.37. The van der Waals surface area contributed by atoms with E-state index in [9.17, 15) is 0 Å². The zero-order valence-corrected chi connectivity index (χ0v) is 15.6. The third-order valence-corrected chi connectivity index (χ3v) is 4.47. The topological polar surface area (TPSA) is 59.7 Å². The lowest BCUT2D eigenvalue weighted by molar-refractivity contribution is 0.684. The molecule has 0 fully saturated rings. The van der Waals surface area contributed by atoms with Gasteiger partial charge in [0.25, 0.3) is 0 Å². The molecule has 2 aromatic heterocycles. The molecule has 1 aromatic carbocycles. The second kappa shape index (κ2) is 7.67. The maximum atomic E-state index is 6.08. The molecule has 3 aromatic rings. The van der Waals surface area contributed by atoms with E-state index in [1.807, 2.05) is 30.1 Å². The first-order chi connectivity index (χ1) is 12.0. The number of rotatable bonds is 5. The van der Waals surface area contributed by atoms with Crippen molar-refractivity contribution >= 4 is 34.6 Å². The molecule has 3 rings (SSSR count). The van der Waals surface area contributed by atoms with E-state index in [2.05, 4.69) is 39.9 Å². The van der Waals surface area contributed by atoms with Crippen LogP contribution in [0.2, 0.25) is 5.02 Å². The van der Waals surface area contributed by atoms with Gasteiger partial charge in [-0.25, -0.2) is 0 Å². The van der Waals surface area contributed by atoms with E-state index in [4.69, 9.17) is 23.8 Å². The lowest BCUT2D eigenvalue weighted by atomic mass is 10.1. The van der Waals surface area contributed by atoms with Gasteiger partial charge in [0.15, 0.2) is 5.11 Å². The Bertz CT molecular complexity index is 865. The number of halogens is 1. The summed E-state index contributed by atoms with van der Waals surface area (Å²) in [6.45, 7) is 3.32. The molecule has 0 unspecified atom stereocenters. The highest BCUT2D eigenvalue weighted by Gasteiger charge is 2.08. The highest BCUT2D eigenvalue weighted by atomic mass is 35.5. The lowest BCUT2D eigenvalue weighted by Crippen LogP contribution is -2.28. The van der Waals surface area contributed by atoms with Gasteiger partial charge in [-0.1, -0.05) is 35.9 Å². The van der Waals surface area contributed by atoms with Gasteiger partial charge in [-0.05, 0) is 30.3 Å². The van der Waals surface area contributed by atoms with Crippen LogP contribution < -0.4 is 10.6 Å². The molecule has 0 aliphatic heterocycles. The molecule has 0 bridgehead atoms. The predicted octanol–water partition coefficient (Wildman–Crippen LogP) is 3.11. The van der Waals surface area contributed by atoms with Crippen molar-refractivity contribution in [2.24, 2.45) is 7.05 Å². The maximum absolute atomic E-state index is 6.08. The van der Waals surface area contributed by atoms with Gasteiger partial charge < -0.3 is 10.6 Å². The molecule has 0 saturated heterocycles. The van der Waals surface area contributed by atoms with Crippen molar-refractivity contribution in [2.45, 2.75) is 20.0 Å². The van der Waals surface area contributed by atoms with Gasteiger partial charge in [-0.15, -0.1) is 0 Å². The third-order valence-electron chi connectivity index (χ3n) is 3.91. The van der Waals surface area contributed by atoms with E-state index in [1.165, 1.54) is 11.1 Å². The van der Waals surface area contributed by atoms with Gasteiger partial charge in [0.1, 0.15) is 0 Å². The molecular weight excluding hydrogens is 356 g/mol. The van der Waals surface area contributed by atoms with E-state index in [0.29, 0.717) is 16.7 Å². The van der Waals surface area contributed by atoms with Gasteiger partial charge >= 0.3 is 0 Å². The zero-order valence-electron chi connectivity index (χ0n) is 14.0. The monoisotopic (exact) mass is 374 g/mol. The molecule has 8 heteroatoms. The normalized spacial score (nSPS) is 10.7. The standard InChI is InChI=1S/C17H19ClN6S/c1-12-5-3-4-6-13(12)10-24-11-14(7-21-24)22-17(25)19-9-16-15(18)8-20-23(16)2/h3-8,11H,9-10H2,1-2H3,(H2,19,22,25). The Morgan fingerprint density at radius 2 is 2.04 bits per heavy atom. The molecule has 0 aliphatic carbocycles. The van der Waals surface area contributed by atoms with Crippen LogP contribution in [0.5, 0.6) is 0 Å². The van der Waals surface area contributed by atoms with Crippen LogP contribution in [0.3, 0.4) is 0 Å². The Morgan fingerprint density at radius 1 is 1.24 bits per heavy atom. The Morgan fingerprint density at radius 3 is 2.76 bits per heavy atom. The molecule has 2 N–H and O–H groups in total. The van der Waals surface area contributed by atoms with E-state index >= 15 is 0 Å². The molecule has 25 heavy (non-hydrogen) atoms. The molecule has 0 saturated carbocycles. The number of anilines is 1. The first-order valence-corrected chi connectivity index (χ1v) is 8.59. The van der Waals surface area contributed by atoms with Gasteiger partial charge in [0.05, 0.1) is 41.9 Å². The summed E-state index contributed by atoms with van der Waals surface area (Å²) in [6.07, 6.45) is 5.30. The van der Waals surface area contributed by atoms with Crippen molar-refractivity contribution in [3.63, 3.8) is 0 Å². The van der Waals surface area contributed by atoms with Gasteiger partial charge in [-0.2, -0.15) is 10.2 Å². The second-order valence-electron chi connectivity index (χ2n) is 5.72. The minimum absolute atomic E-state index is 0.499. The summed E-state index contributed by atoms with van der Waals surface area (Å²) < 4.78 is 3.60. The lowest BCUT2D eigenvalue weighted by Gasteiger charge is -2.09. The number of hydrogen-bond acceptors (Lipinski definition) is 3. The van der Waals surface area contributed by atoms with Crippen LogP contribution in [0.4, 0.5) is 5.69 Å². The van der Waals surface area contributed by atoms with Crippen LogP contribution in [-0.4, -0.2) is 24.7 Å². The number of nitrogens with zero attached hydrogens (tertiary/aromatic N) is 4. The fourth-order valence-corrected chi connectivity index (χ4v) is 2.87. The van der Waals surface area contributed by atoms with E-state index in [1.54, 1.807) is 17.1 Å². The molecule has 0 radical (unpaired) electrons. The molecule has 130 valence electrons. The number of hydrogen-bond donors (Lipinski definition) is 2. The number of aromatic nitrogens is 4. The summed E-state index contributed by atoms with van der Waals surface area (Å²) in [6, 6.07) is 8.27. The van der Waals surface area contributed by atoms with E-state index < -0.39 is 0 Å². The average molecular weight is 375 g/mol. The van der Waals surface area contributed by atoms with Crippen LogP contribution in [0, 0.1) is 6.92 Å². The van der Waals surface area contributed by atoms with Crippen LogP contribution >= 0.6 is 23.8 Å². The maximum Gasteiger partial charge on any atom is 0.171 e. The second-order valence-corrected chi connectivity index (χ2v) is 6.54. The predicted molar refractivity (Wildman–Crippen MR) is 104 cm³/mol. The molecule has 2 heterocycles. The van der Waals surface area contributed by atoms with Crippen LogP contribution in [0.25, 0.3) is 0 Å². The summed E-state index contributed by atoms with van der Waals surface area (Å²) in [5.41, 5.74) is 4.20. The van der Waals surface area contributed by atoms with Crippen LogP contribution in [0.1, 0.15) is 16.8 Å².